The molecular formula is C28H34N4O5. The highest BCUT2D eigenvalue weighted by Gasteiger charge is 2.34. The van der Waals surface area contributed by atoms with Gasteiger partial charge in [-0.05, 0) is 69.7 Å². The van der Waals surface area contributed by atoms with Gasteiger partial charge in [0.1, 0.15) is 5.75 Å². The third-order valence-corrected chi connectivity index (χ3v) is 7.96. The average molecular weight is 507 g/mol. The average Bonchev–Trinajstić information content (AvgIpc) is 3.32. The van der Waals surface area contributed by atoms with Crippen molar-refractivity contribution in [1.29, 1.82) is 0 Å². The van der Waals surface area contributed by atoms with Crippen molar-refractivity contribution in [3.8, 4) is 5.75 Å². The van der Waals surface area contributed by atoms with Crippen LogP contribution in [0, 0.1) is 5.92 Å². The number of aromatic nitrogens is 2. The number of ether oxygens (including phenoxy) is 2. The molecule has 0 radical (unpaired) electrons. The molecule has 2 aliphatic rings. The number of carbonyl (C=O) groups is 2. The Bertz CT molecular complexity index is 1330. The number of hydrogen-bond acceptors (Lipinski definition) is 6. The number of aryl methyl sites for hydroxylation is 1. The number of carbonyl (C=O) groups excluding carboxylic acids is 1. The number of nitrogens with zero attached hydrogens (tertiary/aromatic N) is 4. The lowest BCUT2D eigenvalue weighted by Crippen LogP contribution is -2.42. The van der Waals surface area contributed by atoms with E-state index < -0.39 is 5.97 Å². The molecule has 0 bridgehead atoms. The summed E-state index contributed by atoms with van der Waals surface area (Å²) in [4.78, 5) is 33.2. The predicted molar refractivity (Wildman–Crippen MR) is 142 cm³/mol. The molecule has 1 aliphatic heterocycles. The normalized spacial score (nSPS) is 21.4. The van der Waals surface area contributed by atoms with Crippen LogP contribution in [-0.4, -0.2) is 54.0 Å². The van der Waals surface area contributed by atoms with E-state index >= 15 is 0 Å². The predicted octanol–water partition coefficient (Wildman–Crippen LogP) is 5.54. The van der Waals surface area contributed by atoms with E-state index in [1.807, 2.05) is 55.3 Å². The molecule has 1 N–H and O–H groups in total. The molecule has 1 unspecified atom stereocenters. The van der Waals surface area contributed by atoms with Gasteiger partial charge in [0, 0.05) is 24.7 Å². The summed E-state index contributed by atoms with van der Waals surface area (Å²) < 4.78 is 13.0. The molecule has 1 aliphatic carbocycles. The highest BCUT2D eigenvalue weighted by molar-refractivity contribution is 5.96. The van der Waals surface area contributed by atoms with Crippen molar-refractivity contribution >= 4 is 40.4 Å². The quantitative estimate of drug-likeness (QED) is 0.485. The Morgan fingerprint density at radius 3 is 2.46 bits per heavy atom. The van der Waals surface area contributed by atoms with Crippen LogP contribution < -0.4 is 14.5 Å². The highest BCUT2D eigenvalue weighted by atomic mass is 16.5. The summed E-state index contributed by atoms with van der Waals surface area (Å²) in [5.74, 6) is 0.497. The maximum absolute atomic E-state index is 12.7. The van der Waals surface area contributed by atoms with Gasteiger partial charge in [0.2, 0.25) is 5.95 Å². The number of rotatable bonds is 5. The van der Waals surface area contributed by atoms with Gasteiger partial charge in [-0.1, -0.05) is 12.1 Å². The third-order valence-electron chi connectivity index (χ3n) is 7.96. The molecule has 0 spiro atoms. The molecular weight excluding hydrogens is 472 g/mol. The SMILES string of the molecule is COC(=O)N1c2ccc3c(nc(N(C)c4ccccc4OC)n3C3CCC(C(=O)O)CC3)c2CCC1C. The van der Waals surface area contributed by atoms with Crippen LogP contribution in [0.4, 0.5) is 22.1 Å². The molecule has 1 saturated carbocycles. The first-order chi connectivity index (χ1) is 17.8. The van der Waals surface area contributed by atoms with E-state index in [0.717, 1.165) is 65.4 Å². The third kappa shape index (κ3) is 4.26. The fraction of sp³-hybridized carbons (Fsp3) is 0.464. The van der Waals surface area contributed by atoms with E-state index in [-0.39, 0.29) is 24.1 Å². The maximum atomic E-state index is 12.7. The fourth-order valence-corrected chi connectivity index (χ4v) is 5.95. The molecule has 9 nitrogen and oxygen atoms in total. The van der Waals surface area contributed by atoms with Gasteiger partial charge in [-0.15, -0.1) is 0 Å². The molecule has 1 fully saturated rings. The van der Waals surface area contributed by atoms with Gasteiger partial charge < -0.3 is 24.0 Å². The van der Waals surface area contributed by atoms with Crippen molar-refractivity contribution in [1.82, 2.24) is 9.55 Å². The van der Waals surface area contributed by atoms with Gasteiger partial charge in [-0.2, -0.15) is 0 Å². The summed E-state index contributed by atoms with van der Waals surface area (Å²) >= 11 is 0. The summed E-state index contributed by atoms with van der Waals surface area (Å²) in [6.45, 7) is 2.03. The zero-order chi connectivity index (χ0) is 26.3. The Labute approximate surface area is 216 Å². The molecule has 1 atom stereocenters. The van der Waals surface area contributed by atoms with Crippen molar-refractivity contribution in [2.75, 3.05) is 31.1 Å². The molecule has 1 aromatic heterocycles. The molecule has 196 valence electrons. The Hall–Kier alpha value is -3.75. The first-order valence-electron chi connectivity index (χ1n) is 12.9. The minimum absolute atomic E-state index is 0.0292. The molecule has 9 heteroatoms. The number of amides is 1. The van der Waals surface area contributed by atoms with Crippen molar-refractivity contribution < 1.29 is 24.2 Å². The second-order valence-corrected chi connectivity index (χ2v) is 10.0. The fourth-order valence-electron chi connectivity index (χ4n) is 5.95. The highest BCUT2D eigenvalue weighted by Crippen LogP contribution is 2.43. The van der Waals surface area contributed by atoms with Crippen LogP contribution in [0.5, 0.6) is 5.75 Å². The number of anilines is 3. The van der Waals surface area contributed by atoms with Crippen molar-refractivity contribution in [2.45, 2.75) is 57.5 Å². The standard InChI is InChI=1S/C28H34N4O5/c1-17-9-14-20-21(31(17)28(35)37-4)15-16-23-25(20)29-27(30(2)22-7-5-6-8-24(22)36-3)32(23)19-12-10-18(11-13-19)26(33)34/h5-8,15-19H,9-14H2,1-4H3,(H,33,34). The molecule has 2 heterocycles. The van der Waals surface area contributed by atoms with Gasteiger partial charge in [-0.3, -0.25) is 9.69 Å². The van der Waals surface area contributed by atoms with Crippen LogP contribution in [0.2, 0.25) is 0 Å². The van der Waals surface area contributed by atoms with Crippen LogP contribution in [0.25, 0.3) is 11.0 Å². The number of hydrogen-bond donors (Lipinski definition) is 1. The van der Waals surface area contributed by atoms with E-state index in [2.05, 4.69) is 4.57 Å². The first-order valence-corrected chi connectivity index (χ1v) is 12.9. The van der Waals surface area contributed by atoms with Gasteiger partial charge in [-0.25, -0.2) is 9.78 Å². The first kappa shape index (κ1) is 24.9. The number of imidazole rings is 1. The Kier molecular flexibility index (Phi) is 6.70. The van der Waals surface area contributed by atoms with E-state index in [0.29, 0.717) is 12.8 Å². The van der Waals surface area contributed by atoms with Gasteiger partial charge in [0.25, 0.3) is 0 Å². The number of carboxylic acids is 1. The number of fused-ring (bicyclic) bond motifs is 3. The van der Waals surface area contributed by atoms with Crippen molar-refractivity contribution in [2.24, 2.45) is 5.92 Å². The zero-order valence-electron chi connectivity index (χ0n) is 21.8. The van der Waals surface area contributed by atoms with Crippen LogP contribution in [0.15, 0.2) is 36.4 Å². The minimum Gasteiger partial charge on any atom is -0.495 e. The number of benzene rings is 2. The summed E-state index contributed by atoms with van der Waals surface area (Å²) in [6, 6.07) is 12.0. The molecule has 3 aromatic rings. The lowest BCUT2D eigenvalue weighted by molar-refractivity contribution is -0.143. The van der Waals surface area contributed by atoms with Crippen molar-refractivity contribution in [3.05, 3.63) is 42.0 Å². The lowest BCUT2D eigenvalue weighted by Gasteiger charge is -2.34. The molecule has 1 amide bonds. The summed E-state index contributed by atoms with van der Waals surface area (Å²) in [7, 11) is 5.04. The van der Waals surface area contributed by atoms with E-state index in [4.69, 9.17) is 14.5 Å². The minimum atomic E-state index is -0.716. The number of methoxy groups -OCH3 is 2. The van der Waals surface area contributed by atoms with Gasteiger partial charge in [0.15, 0.2) is 0 Å². The van der Waals surface area contributed by atoms with Crippen molar-refractivity contribution in [3.63, 3.8) is 0 Å². The number of aliphatic carboxylic acids is 1. The zero-order valence-corrected chi connectivity index (χ0v) is 21.8. The molecule has 37 heavy (non-hydrogen) atoms. The smallest absolute Gasteiger partial charge is 0.414 e. The van der Waals surface area contributed by atoms with E-state index in [9.17, 15) is 14.7 Å². The Morgan fingerprint density at radius 2 is 1.78 bits per heavy atom. The van der Waals surface area contributed by atoms with Gasteiger partial charge >= 0.3 is 12.1 Å². The largest absolute Gasteiger partial charge is 0.495 e. The van der Waals surface area contributed by atoms with Gasteiger partial charge in [0.05, 0.1) is 42.5 Å². The number of carboxylic acid groups (broad SMARTS) is 1. The molecule has 2 aromatic carbocycles. The second kappa shape index (κ2) is 9.95. The molecule has 0 saturated heterocycles. The Balaban J connectivity index is 1.67. The topological polar surface area (TPSA) is 97.1 Å². The summed E-state index contributed by atoms with van der Waals surface area (Å²) in [5.41, 5.74) is 4.63. The van der Waals surface area contributed by atoms with Crippen LogP contribution in [-0.2, 0) is 16.0 Å². The summed E-state index contributed by atoms with van der Waals surface area (Å²) in [5, 5.41) is 9.54. The van der Waals surface area contributed by atoms with Crippen LogP contribution in [0.3, 0.4) is 0 Å². The molecule has 5 rings (SSSR count). The van der Waals surface area contributed by atoms with Crippen LogP contribution >= 0.6 is 0 Å². The van der Waals surface area contributed by atoms with E-state index in [1.54, 1.807) is 12.0 Å². The number of para-hydroxylation sites is 2. The van der Waals surface area contributed by atoms with E-state index in [1.165, 1.54) is 7.11 Å². The maximum Gasteiger partial charge on any atom is 0.414 e. The monoisotopic (exact) mass is 506 g/mol. The second-order valence-electron chi connectivity index (χ2n) is 10.0. The lowest BCUT2D eigenvalue weighted by atomic mass is 9.86. The summed E-state index contributed by atoms with van der Waals surface area (Å²) in [6.07, 6.45) is 4.05. The van der Waals surface area contributed by atoms with Crippen LogP contribution in [0.1, 0.15) is 50.6 Å². The Morgan fingerprint density at radius 1 is 1.05 bits per heavy atom.